The molecule has 0 saturated carbocycles. The molecule has 1 aliphatic rings. The van der Waals surface area contributed by atoms with E-state index in [1.165, 1.54) is 0 Å². The third-order valence-electron chi connectivity index (χ3n) is 7.37. The fourth-order valence-electron chi connectivity index (χ4n) is 5.18. The summed E-state index contributed by atoms with van der Waals surface area (Å²) in [5.41, 5.74) is 2.13. The van der Waals surface area contributed by atoms with Crippen LogP contribution in [0.5, 0.6) is 0 Å². The number of halogens is 2. The Balaban J connectivity index is 1.29. The van der Waals surface area contributed by atoms with Crippen molar-refractivity contribution in [3.05, 3.63) is 122 Å². The minimum absolute atomic E-state index is 0.0568. The maximum Gasteiger partial charge on any atom is 0.264 e. The quantitative estimate of drug-likeness (QED) is 0.168. The van der Waals surface area contributed by atoms with E-state index >= 15 is 0 Å². The molecule has 1 unspecified atom stereocenters. The summed E-state index contributed by atoms with van der Waals surface area (Å²) in [5, 5.41) is 30.7. The number of hydrogen-bond acceptors (Lipinski definition) is 5. The Hall–Kier alpha value is -3.05. The van der Waals surface area contributed by atoms with E-state index in [4.69, 9.17) is 11.6 Å². The second-order valence-corrected chi connectivity index (χ2v) is 11.7. The Morgan fingerprint density at radius 2 is 1.90 bits per heavy atom. The summed E-state index contributed by atoms with van der Waals surface area (Å²) in [6, 6.07) is 22.9. The van der Waals surface area contributed by atoms with E-state index < -0.39 is 11.5 Å². The van der Waals surface area contributed by atoms with Gasteiger partial charge in [-0.1, -0.05) is 78.4 Å². The fourth-order valence-corrected chi connectivity index (χ4v) is 5.96. The monoisotopic (exact) mass is 668 g/mol. The number of aryl methyl sites for hydroxylation is 1. The maximum atomic E-state index is 13.7. The molecule has 0 saturated heterocycles. The van der Waals surface area contributed by atoms with Gasteiger partial charge in [0.2, 0.25) is 0 Å². The van der Waals surface area contributed by atoms with E-state index in [2.05, 4.69) is 32.9 Å². The number of anilines is 1. The average molecular weight is 669 g/mol. The van der Waals surface area contributed by atoms with Crippen LogP contribution in [0.25, 0.3) is 0 Å². The normalized spacial score (nSPS) is 18.3. The minimum Gasteiger partial charge on any atom is -0.395 e. The molecule has 206 valence electrons. The van der Waals surface area contributed by atoms with Crippen LogP contribution in [0.1, 0.15) is 41.6 Å². The van der Waals surface area contributed by atoms with E-state index in [-0.39, 0.29) is 18.4 Å². The average Bonchev–Trinajstić information content (AvgIpc) is 3.50. The van der Waals surface area contributed by atoms with E-state index in [1.54, 1.807) is 27.8 Å². The molecular weight excluding hydrogens is 639 g/mol. The Kier molecular flexibility index (Phi) is 8.70. The third kappa shape index (κ3) is 5.72. The zero-order valence-corrected chi connectivity index (χ0v) is 24.9. The Labute approximate surface area is 252 Å². The van der Waals surface area contributed by atoms with Crippen LogP contribution < -0.4 is 4.90 Å². The van der Waals surface area contributed by atoms with Crippen LogP contribution in [0, 0.1) is 9.49 Å². The van der Waals surface area contributed by atoms with Gasteiger partial charge >= 0.3 is 0 Å². The largest absolute Gasteiger partial charge is 0.395 e. The molecule has 1 aliphatic heterocycles. The second-order valence-electron chi connectivity index (χ2n) is 10.0. The van der Waals surface area contributed by atoms with Crippen LogP contribution in [0.4, 0.5) is 5.69 Å². The Morgan fingerprint density at radius 3 is 2.65 bits per heavy atom. The van der Waals surface area contributed by atoms with Crippen molar-refractivity contribution >= 4 is 45.8 Å². The molecule has 1 aromatic heterocycles. The molecule has 3 atom stereocenters. The van der Waals surface area contributed by atoms with Gasteiger partial charge in [0.15, 0.2) is 5.60 Å². The molecule has 1 amide bonds. The lowest BCUT2D eigenvalue weighted by molar-refractivity contribution is -0.139. The Bertz CT molecular complexity index is 1530. The molecule has 0 spiro atoms. The van der Waals surface area contributed by atoms with Crippen molar-refractivity contribution in [3.63, 3.8) is 0 Å². The number of allylic oxidation sites excluding steroid dienone is 1. The van der Waals surface area contributed by atoms with Crippen LogP contribution in [-0.2, 0) is 23.5 Å². The highest BCUT2D eigenvalue weighted by Gasteiger charge is 2.52. The van der Waals surface area contributed by atoms with Crippen molar-refractivity contribution in [1.82, 2.24) is 15.0 Å². The predicted octanol–water partition coefficient (Wildman–Crippen LogP) is 5.68. The first-order valence-electron chi connectivity index (χ1n) is 13.1. The first-order valence-corrected chi connectivity index (χ1v) is 14.6. The molecule has 4 aromatic rings. The number of hydrogen-bond donors (Lipinski definition) is 2. The van der Waals surface area contributed by atoms with Crippen molar-refractivity contribution in [2.75, 3.05) is 11.5 Å². The number of amides is 1. The molecule has 0 radical (unpaired) electrons. The van der Waals surface area contributed by atoms with Gasteiger partial charge in [0, 0.05) is 32.8 Å². The second kappa shape index (κ2) is 12.2. The third-order valence-corrected chi connectivity index (χ3v) is 8.27. The summed E-state index contributed by atoms with van der Waals surface area (Å²) in [4.78, 5) is 15.4. The number of aliphatic hydroxyl groups is 2. The molecule has 40 heavy (non-hydrogen) atoms. The van der Waals surface area contributed by atoms with E-state index in [0.717, 1.165) is 14.7 Å². The lowest BCUT2D eigenvalue weighted by Gasteiger charge is -2.27. The van der Waals surface area contributed by atoms with Gasteiger partial charge < -0.3 is 15.1 Å². The summed E-state index contributed by atoms with van der Waals surface area (Å²) in [5.74, 6) is -1.10. The summed E-state index contributed by atoms with van der Waals surface area (Å²) < 4.78 is 2.82. The number of carbonyl (C=O) groups excluding carboxylic acids is 1. The molecule has 0 bridgehead atoms. The number of rotatable bonds is 10. The molecule has 3 aromatic carbocycles. The first-order chi connectivity index (χ1) is 19.3. The summed E-state index contributed by atoms with van der Waals surface area (Å²) in [6.45, 7) is 2.71. The van der Waals surface area contributed by atoms with Gasteiger partial charge in [0.25, 0.3) is 5.91 Å². The molecular formula is C31H30ClIN4O3. The van der Waals surface area contributed by atoms with Crippen molar-refractivity contribution < 1.29 is 15.0 Å². The number of carbonyl (C=O) groups is 1. The SMILES string of the molecule is C[C@H](/C=C/CCn1cc(C(CO)c2ccccc2)nn1)[C@@]1(O)C(=O)N(Cc2cccc(I)c2)c2ccc(Cl)cc21. The minimum atomic E-state index is -1.73. The van der Waals surface area contributed by atoms with Gasteiger partial charge in [-0.3, -0.25) is 9.48 Å². The number of aliphatic hydroxyl groups excluding tert-OH is 1. The van der Waals surface area contributed by atoms with Crippen LogP contribution in [0.2, 0.25) is 5.02 Å². The molecule has 0 aliphatic carbocycles. The Morgan fingerprint density at radius 1 is 1.10 bits per heavy atom. The van der Waals surface area contributed by atoms with Crippen LogP contribution in [0.3, 0.4) is 0 Å². The van der Waals surface area contributed by atoms with Gasteiger partial charge in [0.05, 0.1) is 30.5 Å². The van der Waals surface area contributed by atoms with Gasteiger partial charge in [0.1, 0.15) is 0 Å². The zero-order valence-electron chi connectivity index (χ0n) is 22.0. The summed E-state index contributed by atoms with van der Waals surface area (Å²) in [7, 11) is 0. The van der Waals surface area contributed by atoms with Gasteiger partial charge in [-0.15, -0.1) is 5.10 Å². The van der Waals surface area contributed by atoms with Crippen molar-refractivity contribution in [2.24, 2.45) is 5.92 Å². The lowest BCUT2D eigenvalue weighted by Crippen LogP contribution is -2.44. The summed E-state index contributed by atoms with van der Waals surface area (Å²) in [6.07, 6.45) is 6.29. The van der Waals surface area contributed by atoms with Crippen molar-refractivity contribution in [2.45, 2.75) is 38.0 Å². The van der Waals surface area contributed by atoms with Crippen molar-refractivity contribution in [3.8, 4) is 0 Å². The fraction of sp³-hybridized carbons (Fsp3) is 0.258. The van der Waals surface area contributed by atoms with Crippen LogP contribution in [0.15, 0.2) is 91.1 Å². The number of aromatic nitrogens is 3. The van der Waals surface area contributed by atoms with Gasteiger partial charge in [-0.2, -0.15) is 0 Å². The summed E-state index contributed by atoms with van der Waals surface area (Å²) >= 11 is 8.56. The zero-order chi connectivity index (χ0) is 28.3. The molecule has 5 rings (SSSR count). The smallest absolute Gasteiger partial charge is 0.264 e. The lowest BCUT2D eigenvalue weighted by atomic mass is 9.83. The molecule has 7 nitrogen and oxygen atoms in total. The first kappa shape index (κ1) is 28.5. The standard InChI is InChI=1S/C31H30ClIN4O3/c1-21(8-5-6-15-36-19-28(34-35-36)26(20-38)23-10-3-2-4-11-23)31(40)27-17-24(32)13-14-29(27)37(30(31)39)18-22-9-7-12-25(33)16-22/h2-5,7-14,16-17,19,21,26,38,40H,6,15,18,20H2,1H3/b8-5+/t21-,26?,31+/m1/s1. The van der Waals surface area contributed by atoms with E-state index in [1.807, 2.05) is 79.9 Å². The predicted molar refractivity (Wildman–Crippen MR) is 164 cm³/mol. The number of nitrogens with zero attached hydrogens (tertiary/aromatic N) is 4. The number of benzene rings is 3. The molecule has 2 N–H and O–H groups in total. The highest BCUT2D eigenvalue weighted by molar-refractivity contribution is 14.1. The highest BCUT2D eigenvalue weighted by Crippen LogP contribution is 2.46. The van der Waals surface area contributed by atoms with E-state index in [9.17, 15) is 15.0 Å². The van der Waals surface area contributed by atoms with Crippen LogP contribution in [-0.4, -0.2) is 37.7 Å². The van der Waals surface area contributed by atoms with Crippen LogP contribution >= 0.6 is 34.2 Å². The van der Waals surface area contributed by atoms with Gasteiger partial charge in [-0.05, 0) is 70.5 Å². The number of fused-ring (bicyclic) bond motifs is 1. The topological polar surface area (TPSA) is 91.5 Å². The highest BCUT2D eigenvalue weighted by atomic mass is 127. The molecule has 2 heterocycles. The van der Waals surface area contributed by atoms with Crippen molar-refractivity contribution in [1.29, 1.82) is 0 Å². The maximum absolute atomic E-state index is 13.7. The molecule has 9 heteroatoms. The van der Waals surface area contributed by atoms with E-state index in [0.29, 0.717) is 41.5 Å². The van der Waals surface area contributed by atoms with Gasteiger partial charge in [-0.25, -0.2) is 0 Å². The molecule has 0 fully saturated rings.